The minimum Gasteiger partial charge on any atom is -0.497 e. The molecule has 0 radical (unpaired) electrons. The standard InChI is InChI=1S/C18H14BrF3N2O3/c1-27-14-7-2-4-11(8-14)16(25)24-17(26,10-15(23-24)18(20,21)22)12-5-3-6-13(19)9-12/h2-9,26H,10H2,1H3/t17-/m1/s1. The van der Waals surface area contributed by atoms with Crippen LogP contribution in [0.1, 0.15) is 22.3 Å². The van der Waals surface area contributed by atoms with E-state index in [2.05, 4.69) is 21.0 Å². The number of nitrogens with zero attached hydrogens (tertiary/aromatic N) is 2. The summed E-state index contributed by atoms with van der Waals surface area (Å²) >= 11 is 3.22. The molecule has 0 unspecified atom stereocenters. The van der Waals surface area contributed by atoms with Gasteiger partial charge in [-0.25, -0.2) is 0 Å². The van der Waals surface area contributed by atoms with E-state index in [9.17, 15) is 23.1 Å². The lowest BCUT2D eigenvalue weighted by Gasteiger charge is -2.31. The number of aliphatic hydroxyl groups is 1. The fourth-order valence-corrected chi connectivity index (χ4v) is 3.16. The average Bonchev–Trinajstić information content (AvgIpc) is 3.00. The first-order valence-electron chi connectivity index (χ1n) is 7.77. The molecule has 3 rings (SSSR count). The number of benzene rings is 2. The Balaban J connectivity index is 2.09. The summed E-state index contributed by atoms with van der Waals surface area (Å²) in [6.07, 6.45) is -5.65. The molecular weight excluding hydrogens is 429 g/mol. The van der Waals surface area contributed by atoms with Gasteiger partial charge in [-0.1, -0.05) is 34.1 Å². The molecule has 27 heavy (non-hydrogen) atoms. The van der Waals surface area contributed by atoms with Gasteiger partial charge in [0, 0.05) is 15.6 Å². The first kappa shape index (κ1) is 19.4. The van der Waals surface area contributed by atoms with Crippen LogP contribution in [-0.4, -0.2) is 35.0 Å². The zero-order chi connectivity index (χ0) is 19.8. The van der Waals surface area contributed by atoms with Crippen LogP contribution >= 0.6 is 15.9 Å². The number of ether oxygens (including phenoxy) is 1. The van der Waals surface area contributed by atoms with Crippen LogP contribution in [0.5, 0.6) is 5.75 Å². The highest BCUT2D eigenvalue weighted by Gasteiger charge is 2.53. The Labute approximate surface area is 161 Å². The molecule has 1 N–H and O–H groups in total. The summed E-state index contributed by atoms with van der Waals surface area (Å²) < 4.78 is 45.3. The van der Waals surface area contributed by atoms with Crippen LogP contribution in [0, 0.1) is 0 Å². The highest BCUT2D eigenvalue weighted by molar-refractivity contribution is 9.10. The lowest BCUT2D eigenvalue weighted by atomic mass is 9.96. The van der Waals surface area contributed by atoms with E-state index < -0.39 is 29.9 Å². The predicted octanol–water partition coefficient (Wildman–Crippen LogP) is 4.07. The van der Waals surface area contributed by atoms with Gasteiger partial charge in [-0.2, -0.15) is 23.3 Å². The summed E-state index contributed by atoms with van der Waals surface area (Å²) in [4.78, 5) is 12.9. The molecule has 1 amide bonds. The van der Waals surface area contributed by atoms with E-state index in [1.807, 2.05) is 0 Å². The van der Waals surface area contributed by atoms with Gasteiger partial charge in [0.15, 0.2) is 5.72 Å². The summed E-state index contributed by atoms with van der Waals surface area (Å²) in [7, 11) is 1.40. The number of halogens is 4. The second-order valence-electron chi connectivity index (χ2n) is 5.90. The molecule has 1 atom stereocenters. The SMILES string of the molecule is COc1cccc(C(=O)N2N=C(C(F)(F)F)C[C@@]2(O)c2cccc(Br)c2)c1. The summed E-state index contributed by atoms with van der Waals surface area (Å²) in [5.41, 5.74) is -3.36. The molecular formula is C18H14BrF3N2O3. The molecule has 0 saturated carbocycles. The molecule has 9 heteroatoms. The van der Waals surface area contributed by atoms with Gasteiger partial charge in [0.05, 0.1) is 13.5 Å². The minimum absolute atomic E-state index is 0.0370. The number of hydrogen-bond donors (Lipinski definition) is 1. The third kappa shape index (κ3) is 3.70. The smallest absolute Gasteiger partial charge is 0.431 e. The van der Waals surface area contributed by atoms with Gasteiger partial charge >= 0.3 is 6.18 Å². The Morgan fingerprint density at radius 3 is 2.59 bits per heavy atom. The fraction of sp³-hybridized carbons (Fsp3) is 0.222. The molecule has 5 nitrogen and oxygen atoms in total. The van der Waals surface area contributed by atoms with Crippen molar-refractivity contribution >= 4 is 27.5 Å². The number of methoxy groups -OCH3 is 1. The van der Waals surface area contributed by atoms with Gasteiger partial charge in [0.1, 0.15) is 11.5 Å². The number of carbonyl (C=O) groups is 1. The molecule has 1 aliphatic rings. The van der Waals surface area contributed by atoms with Crippen molar-refractivity contribution < 1.29 is 27.8 Å². The normalized spacial score (nSPS) is 19.8. The summed E-state index contributed by atoms with van der Waals surface area (Å²) in [5.74, 6) is -0.526. The predicted molar refractivity (Wildman–Crippen MR) is 95.3 cm³/mol. The molecule has 0 spiro atoms. The Hall–Kier alpha value is -2.39. The Morgan fingerprint density at radius 2 is 1.96 bits per heavy atom. The molecule has 1 heterocycles. The van der Waals surface area contributed by atoms with E-state index in [-0.39, 0.29) is 11.1 Å². The van der Waals surface area contributed by atoms with Crippen molar-refractivity contribution in [1.29, 1.82) is 0 Å². The van der Waals surface area contributed by atoms with Crippen LogP contribution in [-0.2, 0) is 5.72 Å². The Morgan fingerprint density at radius 1 is 1.26 bits per heavy atom. The monoisotopic (exact) mass is 442 g/mol. The zero-order valence-electron chi connectivity index (χ0n) is 14.0. The largest absolute Gasteiger partial charge is 0.497 e. The summed E-state index contributed by atoms with van der Waals surface area (Å²) in [6.45, 7) is 0. The zero-order valence-corrected chi connectivity index (χ0v) is 15.6. The maximum Gasteiger partial charge on any atom is 0.431 e. The van der Waals surface area contributed by atoms with E-state index in [0.717, 1.165) is 0 Å². The van der Waals surface area contributed by atoms with Crippen LogP contribution in [0.2, 0.25) is 0 Å². The van der Waals surface area contributed by atoms with Crippen molar-refractivity contribution in [3.63, 3.8) is 0 Å². The second-order valence-corrected chi connectivity index (χ2v) is 6.81. The lowest BCUT2D eigenvalue weighted by Crippen LogP contribution is -2.43. The van der Waals surface area contributed by atoms with E-state index in [1.54, 1.807) is 18.2 Å². The quantitative estimate of drug-likeness (QED) is 0.779. The minimum atomic E-state index is -4.77. The van der Waals surface area contributed by atoms with E-state index in [1.165, 1.54) is 37.4 Å². The van der Waals surface area contributed by atoms with E-state index in [0.29, 0.717) is 15.2 Å². The maximum atomic E-state index is 13.2. The van der Waals surface area contributed by atoms with Gasteiger partial charge in [0.25, 0.3) is 5.91 Å². The van der Waals surface area contributed by atoms with Gasteiger partial charge in [0.2, 0.25) is 0 Å². The van der Waals surface area contributed by atoms with Crippen LogP contribution in [0.25, 0.3) is 0 Å². The van der Waals surface area contributed by atoms with Gasteiger partial charge in [-0.3, -0.25) is 4.79 Å². The van der Waals surface area contributed by atoms with Gasteiger partial charge in [-0.05, 0) is 30.3 Å². The van der Waals surface area contributed by atoms with Crippen molar-refractivity contribution in [3.05, 3.63) is 64.1 Å². The molecule has 2 aromatic carbocycles. The van der Waals surface area contributed by atoms with E-state index in [4.69, 9.17) is 4.74 Å². The van der Waals surface area contributed by atoms with Crippen LogP contribution in [0.15, 0.2) is 58.1 Å². The molecule has 0 bridgehead atoms. The molecule has 1 aliphatic heterocycles. The Kier molecular flexibility index (Phi) is 5.00. The summed E-state index contributed by atoms with van der Waals surface area (Å²) in [6, 6.07) is 12.0. The first-order valence-corrected chi connectivity index (χ1v) is 8.56. The fourth-order valence-electron chi connectivity index (χ4n) is 2.76. The molecule has 0 saturated heterocycles. The molecule has 0 fully saturated rings. The summed E-state index contributed by atoms with van der Waals surface area (Å²) in [5, 5.41) is 15.0. The third-order valence-electron chi connectivity index (χ3n) is 4.11. The van der Waals surface area contributed by atoms with Crippen molar-refractivity contribution in [1.82, 2.24) is 5.01 Å². The van der Waals surface area contributed by atoms with Crippen molar-refractivity contribution in [2.75, 3.05) is 7.11 Å². The van der Waals surface area contributed by atoms with Crippen molar-refractivity contribution in [2.24, 2.45) is 5.10 Å². The van der Waals surface area contributed by atoms with Crippen LogP contribution in [0.3, 0.4) is 0 Å². The topological polar surface area (TPSA) is 62.1 Å². The molecule has 2 aromatic rings. The van der Waals surface area contributed by atoms with Crippen molar-refractivity contribution in [3.8, 4) is 5.75 Å². The molecule has 142 valence electrons. The maximum absolute atomic E-state index is 13.2. The number of amides is 1. The van der Waals surface area contributed by atoms with Gasteiger partial charge < -0.3 is 9.84 Å². The molecule has 0 aromatic heterocycles. The highest BCUT2D eigenvalue weighted by atomic mass is 79.9. The number of alkyl halides is 3. The van der Waals surface area contributed by atoms with Crippen molar-refractivity contribution in [2.45, 2.75) is 18.3 Å². The lowest BCUT2D eigenvalue weighted by molar-refractivity contribution is -0.0816. The second kappa shape index (κ2) is 6.97. The number of carbonyl (C=O) groups excluding carboxylic acids is 1. The highest BCUT2D eigenvalue weighted by Crippen LogP contribution is 2.41. The number of hydrogen-bond acceptors (Lipinski definition) is 4. The van der Waals surface area contributed by atoms with Gasteiger partial charge in [-0.15, -0.1) is 0 Å². The molecule has 0 aliphatic carbocycles. The van der Waals surface area contributed by atoms with Crippen LogP contribution < -0.4 is 4.74 Å². The van der Waals surface area contributed by atoms with Crippen LogP contribution in [0.4, 0.5) is 13.2 Å². The number of hydrazone groups is 1. The third-order valence-corrected chi connectivity index (χ3v) is 4.60. The first-order chi connectivity index (χ1) is 12.6. The Bertz CT molecular complexity index is 917. The number of rotatable bonds is 3. The van der Waals surface area contributed by atoms with E-state index >= 15 is 0 Å². The average molecular weight is 443 g/mol.